The predicted molar refractivity (Wildman–Crippen MR) is 131 cm³/mol. The summed E-state index contributed by atoms with van der Waals surface area (Å²) in [6, 6.07) is 16.4. The third kappa shape index (κ3) is 4.64. The van der Waals surface area contributed by atoms with Gasteiger partial charge in [0, 0.05) is 25.4 Å². The Kier molecular flexibility index (Phi) is 6.50. The molecule has 0 aromatic heterocycles. The monoisotopic (exact) mass is 476 g/mol. The topological polar surface area (TPSA) is 95.9 Å². The van der Waals surface area contributed by atoms with E-state index in [1.165, 1.54) is 11.1 Å². The molecule has 0 radical (unpaired) electrons. The van der Waals surface area contributed by atoms with E-state index in [-0.39, 0.29) is 30.8 Å². The van der Waals surface area contributed by atoms with Crippen LogP contribution in [0.25, 0.3) is 11.1 Å². The summed E-state index contributed by atoms with van der Waals surface area (Å²) in [5, 5.41) is 12.1. The van der Waals surface area contributed by atoms with E-state index in [1.54, 1.807) is 4.90 Å². The number of amides is 2. The molecule has 0 bridgehead atoms. The number of benzene rings is 2. The average Bonchev–Trinajstić information content (AvgIpc) is 3.45. The Morgan fingerprint density at radius 1 is 0.971 bits per heavy atom. The summed E-state index contributed by atoms with van der Waals surface area (Å²) in [6.07, 6.45) is 3.97. The maximum atomic E-state index is 13.6. The van der Waals surface area contributed by atoms with E-state index in [9.17, 15) is 14.4 Å². The number of ether oxygens (including phenoxy) is 1. The van der Waals surface area contributed by atoms with E-state index in [1.807, 2.05) is 24.3 Å². The van der Waals surface area contributed by atoms with E-state index < -0.39 is 17.6 Å². The fraction of sp³-hybridized carbons (Fsp3) is 0.464. The highest BCUT2D eigenvalue weighted by molar-refractivity contribution is 5.90. The maximum Gasteiger partial charge on any atom is 0.408 e. The first-order chi connectivity index (χ1) is 17.0. The fourth-order valence-corrected chi connectivity index (χ4v) is 6.17. The van der Waals surface area contributed by atoms with Crippen LogP contribution < -0.4 is 5.32 Å². The van der Waals surface area contributed by atoms with Crippen molar-refractivity contribution in [3.05, 3.63) is 59.7 Å². The van der Waals surface area contributed by atoms with Crippen molar-refractivity contribution in [3.8, 4) is 11.1 Å². The summed E-state index contributed by atoms with van der Waals surface area (Å²) in [7, 11) is 0. The Hall–Kier alpha value is -3.35. The number of alkyl carbamates (subject to hydrolysis) is 1. The molecule has 2 fully saturated rings. The number of nitrogens with zero attached hydrogens (tertiary/aromatic N) is 1. The molecule has 0 spiro atoms. The van der Waals surface area contributed by atoms with E-state index in [2.05, 4.69) is 29.6 Å². The van der Waals surface area contributed by atoms with Gasteiger partial charge in [0.15, 0.2) is 0 Å². The zero-order valence-corrected chi connectivity index (χ0v) is 19.9. The van der Waals surface area contributed by atoms with Crippen molar-refractivity contribution < 1.29 is 24.2 Å². The molecule has 1 saturated heterocycles. The number of nitrogens with one attached hydrogen (secondary N) is 1. The van der Waals surface area contributed by atoms with Crippen molar-refractivity contribution >= 4 is 18.0 Å². The number of carboxylic acid groups (broad SMARTS) is 1. The molecule has 1 atom stereocenters. The molecule has 2 aliphatic carbocycles. The number of carboxylic acids is 1. The minimum absolute atomic E-state index is 0.0396. The van der Waals surface area contributed by atoms with Crippen LogP contribution in [-0.4, -0.2) is 53.2 Å². The van der Waals surface area contributed by atoms with Gasteiger partial charge in [-0.3, -0.25) is 9.59 Å². The van der Waals surface area contributed by atoms with Crippen LogP contribution in [0.1, 0.15) is 62.0 Å². The van der Waals surface area contributed by atoms with Crippen LogP contribution in [0.4, 0.5) is 4.79 Å². The molecular weight excluding hydrogens is 444 g/mol. The number of rotatable bonds is 6. The summed E-state index contributed by atoms with van der Waals surface area (Å²) in [6.45, 7) is 1.23. The molecule has 3 aliphatic rings. The SMILES string of the molecule is O=C(O)CC1CCCN(C(=O)C2(NC(=O)OCC3c4ccccc4-c4ccccc43)CCCC2)C1. The number of likely N-dealkylation sites (tertiary alicyclic amines) is 1. The third-order valence-corrected chi connectivity index (χ3v) is 7.82. The van der Waals surface area contributed by atoms with Gasteiger partial charge in [-0.25, -0.2) is 4.79 Å². The molecule has 7 heteroatoms. The van der Waals surface area contributed by atoms with Crippen molar-refractivity contribution in [2.75, 3.05) is 19.7 Å². The molecule has 1 unspecified atom stereocenters. The molecule has 2 aromatic rings. The van der Waals surface area contributed by atoms with Crippen LogP contribution in [0.5, 0.6) is 0 Å². The number of hydrogen-bond donors (Lipinski definition) is 2. The van der Waals surface area contributed by atoms with Gasteiger partial charge in [-0.1, -0.05) is 61.4 Å². The van der Waals surface area contributed by atoms with Crippen molar-refractivity contribution in [2.24, 2.45) is 5.92 Å². The van der Waals surface area contributed by atoms with Crippen molar-refractivity contribution in [3.63, 3.8) is 0 Å². The molecule has 1 saturated carbocycles. The lowest BCUT2D eigenvalue weighted by Crippen LogP contribution is -2.59. The van der Waals surface area contributed by atoms with Crippen molar-refractivity contribution in [2.45, 2.75) is 56.4 Å². The third-order valence-electron chi connectivity index (χ3n) is 7.82. The first-order valence-corrected chi connectivity index (χ1v) is 12.6. The largest absolute Gasteiger partial charge is 0.481 e. The summed E-state index contributed by atoms with van der Waals surface area (Å²) >= 11 is 0. The highest BCUT2D eigenvalue weighted by Gasteiger charge is 2.46. The van der Waals surface area contributed by atoms with Gasteiger partial charge in [0.2, 0.25) is 5.91 Å². The van der Waals surface area contributed by atoms with Gasteiger partial charge in [-0.05, 0) is 53.9 Å². The highest BCUT2D eigenvalue weighted by atomic mass is 16.5. The average molecular weight is 477 g/mol. The minimum Gasteiger partial charge on any atom is -0.481 e. The number of carbonyl (C=O) groups excluding carboxylic acids is 2. The second-order valence-electron chi connectivity index (χ2n) is 10.1. The molecule has 1 heterocycles. The molecular formula is C28H32N2O5. The van der Waals surface area contributed by atoms with Gasteiger partial charge in [-0.2, -0.15) is 0 Å². The van der Waals surface area contributed by atoms with Crippen LogP contribution in [0.15, 0.2) is 48.5 Å². The number of hydrogen-bond acceptors (Lipinski definition) is 4. The second kappa shape index (κ2) is 9.72. The van der Waals surface area contributed by atoms with Gasteiger partial charge in [-0.15, -0.1) is 0 Å². The van der Waals surface area contributed by atoms with E-state index in [0.29, 0.717) is 25.9 Å². The Labute approximate surface area is 205 Å². The number of carbonyl (C=O) groups is 3. The second-order valence-corrected chi connectivity index (χ2v) is 10.1. The van der Waals surface area contributed by atoms with Gasteiger partial charge >= 0.3 is 12.1 Å². The van der Waals surface area contributed by atoms with Crippen molar-refractivity contribution in [1.29, 1.82) is 0 Å². The summed E-state index contributed by atoms with van der Waals surface area (Å²) in [4.78, 5) is 39.5. The molecule has 2 amide bonds. The van der Waals surface area contributed by atoms with Crippen LogP contribution in [0, 0.1) is 5.92 Å². The number of piperidine rings is 1. The van der Waals surface area contributed by atoms with Crippen molar-refractivity contribution in [1.82, 2.24) is 10.2 Å². The predicted octanol–water partition coefficient (Wildman–Crippen LogP) is 4.55. The van der Waals surface area contributed by atoms with Gasteiger partial charge in [0.25, 0.3) is 0 Å². The first kappa shape index (κ1) is 23.4. The van der Waals surface area contributed by atoms with Gasteiger partial charge in [0.1, 0.15) is 12.1 Å². The van der Waals surface area contributed by atoms with E-state index >= 15 is 0 Å². The molecule has 2 N–H and O–H groups in total. The van der Waals surface area contributed by atoms with E-state index in [0.717, 1.165) is 36.8 Å². The van der Waals surface area contributed by atoms with Crippen LogP contribution in [0.3, 0.4) is 0 Å². The molecule has 184 valence electrons. The van der Waals surface area contributed by atoms with Crippen LogP contribution in [0.2, 0.25) is 0 Å². The zero-order valence-electron chi connectivity index (χ0n) is 19.9. The molecule has 7 nitrogen and oxygen atoms in total. The smallest absolute Gasteiger partial charge is 0.408 e. The van der Waals surface area contributed by atoms with Gasteiger partial charge in [0.05, 0.1) is 0 Å². The van der Waals surface area contributed by atoms with Crippen LogP contribution in [-0.2, 0) is 14.3 Å². The first-order valence-electron chi connectivity index (χ1n) is 12.6. The Morgan fingerprint density at radius 3 is 2.23 bits per heavy atom. The van der Waals surface area contributed by atoms with Gasteiger partial charge < -0.3 is 20.1 Å². The number of fused-ring (bicyclic) bond motifs is 3. The Bertz CT molecular complexity index is 1080. The van der Waals surface area contributed by atoms with Crippen LogP contribution >= 0.6 is 0 Å². The normalized spacial score (nSPS) is 20.7. The zero-order chi connectivity index (χ0) is 24.4. The summed E-state index contributed by atoms with van der Waals surface area (Å²) < 4.78 is 5.74. The Balaban J connectivity index is 1.26. The maximum absolute atomic E-state index is 13.6. The standard InChI is InChI=1S/C28H32N2O5/c31-25(32)16-19-8-7-15-30(17-19)26(33)28(13-5-6-14-28)29-27(34)35-18-24-22-11-3-1-9-20(22)21-10-2-4-12-23(21)24/h1-4,9-12,19,24H,5-8,13-18H2,(H,29,34)(H,31,32). The van der Waals surface area contributed by atoms with E-state index in [4.69, 9.17) is 9.84 Å². The molecule has 2 aromatic carbocycles. The highest BCUT2D eigenvalue weighted by Crippen LogP contribution is 2.44. The summed E-state index contributed by atoms with van der Waals surface area (Å²) in [5.41, 5.74) is 3.66. The Morgan fingerprint density at radius 2 is 1.60 bits per heavy atom. The lowest BCUT2D eigenvalue weighted by atomic mass is 9.90. The quantitative estimate of drug-likeness (QED) is 0.638. The molecule has 5 rings (SSSR count). The lowest BCUT2D eigenvalue weighted by molar-refractivity contribution is -0.143. The lowest BCUT2D eigenvalue weighted by Gasteiger charge is -2.39. The molecule has 1 aliphatic heterocycles. The molecule has 35 heavy (non-hydrogen) atoms. The fourth-order valence-electron chi connectivity index (χ4n) is 6.17. The summed E-state index contributed by atoms with van der Waals surface area (Å²) in [5.74, 6) is -1.02. The minimum atomic E-state index is -0.965. The number of aliphatic carboxylic acids is 1.